The molecule has 7 heteroatoms. The number of H-pyrrole nitrogens is 1. The van der Waals surface area contributed by atoms with Crippen molar-refractivity contribution in [1.29, 1.82) is 0 Å². The van der Waals surface area contributed by atoms with Gasteiger partial charge in [0.2, 0.25) is 0 Å². The lowest BCUT2D eigenvalue weighted by atomic mass is 10.3. The molecule has 2 aromatic heterocycles. The molecule has 0 radical (unpaired) electrons. The molecule has 0 spiro atoms. The Morgan fingerprint density at radius 3 is 2.82 bits per heavy atom. The Morgan fingerprint density at radius 1 is 1.29 bits per heavy atom. The van der Waals surface area contributed by atoms with Gasteiger partial charge in [-0.25, -0.2) is 15.0 Å². The Kier molecular flexibility index (Phi) is 3.74. The predicted molar refractivity (Wildman–Crippen MR) is 59.1 cm³/mol. The highest BCUT2D eigenvalue weighted by Gasteiger charge is 2.04. The molecule has 0 saturated heterocycles. The van der Waals surface area contributed by atoms with Crippen molar-refractivity contribution < 1.29 is 4.79 Å². The summed E-state index contributed by atoms with van der Waals surface area (Å²) in [4.78, 5) is 23.1. The number of rotatable bonds is 5. The van der Waals surface area contributed by atoms with Crippen LogP contribution in [0.5, 0.6) is 0 Å². The molecule has 0 atom stereocenters. The van der Waals surface area contributed by atoms with Gasteiger partial charge in [0.25, 0.3) is 5.91 Å². The van der Waals surface area contributed by atoms with Crippen LogP contribution in [0.2, 0.25) is 0 Å². The fourth-order valence-electron chi connectivity index (χ4n) is 1.33. The van der Waals surface area contributed by atoms with Gasteiger partial charge in [-0.3, -0.25) is 9.89 Å². The first-order valence-corrected chi connectivity index (χ1v) is 5.23. The maximum absolute atomic E-state index is 11.6. The first-order chi connectivity index (χ1) is 8.36. The van der Waals surface area contributed by atoms with Gasteiger partial charge < -0.3 is 5.32 Å². The van der Waals surface area contributed by atoms with E-state index in [2.05, 4.69) is 30.5 Å². The van der Waals surface area contributed by atoms with Crippen molar-refractivity contribution >= 4 is 5.91 Å². The van der Waals surface area contributed by atoms with Crippen molar-refractivity contribution in [2.75, 3.05) is 6.54 Å². The molecule has 7 nitrogen and oxygen atoms in total. The lowest BCUT2D eigenvalue weighted by Gasteiger charge is -2.03. The minimum absolute atomic E-state index is 0.164. The standard InChI is InChI=1S/C10H12N6O/c17-10(8-4-11-6-12-5-8)13-3-1-2-9-14-7-15-16-9/h4-7H,1-3H2,(H,13,17)(H,14,15,16). The molecule has 0 aliphatic rings. The summed E-state index contributed by atoms with van der Waals surface area (Å²) in [6, 6.07) is 0. The minimum atomic E-state index is -0.164. The number of carbonyl (C=O) groups excluding carboxylic acids is 1. The van der Waals surface area contributed by atoms with Gasteiger partial charge in [-0.15, -0.1) is 0 Å². The van der Waals surface area contributed by atoms with E-state index in [1.807, 2.05) is 0 Å². The number of amides is 1. The van der Waals surface area contributed by atoms with Crippen LogP contribution in [0.15, 0.2) is 25.0 Å². The van der Waals surface area contributed by atoms with Gasteiger partial charge in [-0.05, 0) is 6.42 Å². The van der Waals surface area contributed by atoms with Crippen molar-refractivity contribution in [2.24, 2.45) is 0 Å². The molecule has 0 unspecified atom stereocenters. The fourth-order valence-corrected chi connectivity index (χ4v) is 1.33. The summed E-state index contributed by atoms with van der Waals surface area (Å²) in [5, 5.41) is 9.29. The number of carbonyl (C=O) groups is 1. The summed E-state index contributed by atoms with van der Waals surface area (Å²) >= 11 is 0. The zero-order chi connectivity index (χ0) is 11.9. The maximum Gasteiger partial charge on any atom is 0.254 e. The zero-order valence-corrected chi connectivity index (χ0v) is 9.13. The van der Waals surface area contributed by atoms with E-state index in [0.717, 1.165) is 18.7 Å². The summed E-state index contributed by atoms with van der Waals surface area (Å²) < 4.78 is 0. The van der Waals surface area contributed by atoms with E-state index in [1.54, 1.807) is 0 Å². The third-order valence-corrected chi connectivity index (χ3v) is 2.16. The van der Waals surface area contributed by atoms with E-state index in [4.69, 9.17) is 0 Å². The van der Waals surface area contributed by atoms with Gasteiger partial charge in [-0.2, -0.15) is 5.10 Å². The van der Waals surface area contributed by atoms with Crippen LogP contribution in [0.1, 0.15) is 22.6 Å². The molecule has 2 heterocycles. The average molecular weight is 232 g/mol. The predicted octanol–water partition coefficient (Wildman–Crippen LogP) is -0.0427. The molecule has 0 saturated carbocycles. The van der Waals surface area contributed by atoms with E-state index in [-0.39, 0.29) is 5.91 Å². The maximum atomic E-state index is 11.6. The molecular formula is C10H12N6O. The molecule has 2 rings (SSSR count). The van der Waals surface area contributed by atoms with Crippen molar-refractivity contribution in [3.05, 3.63) is 36.4 Å². The van der Waals surface area contributed by atoms with Crippen LogP contribution in [0.25, 0.3) is 0 Å². The highest BCUT2D eigenvalue weighted by molar-refractivity contribution is 5.93. The minimum Gasteiger partial charge on any atom is -0.352 e. The van der Waals surface area contributed by atoms with Crippen LogP contribution in [-0.2, 0) is 6.42 Å². The quantitative estimate of drug-likeness (QED) is 0.705. The number of aromatic amines is 1. The van der Waals surface area contributed by atoms with Gasteiger partial charge in [0.15, 0.2) is 0 Å². The van der Waals surface area contributed by atoms with Crippen LogP contribution in [-0.4, -0.2) is 37.6 Å². The van der Waals surface area contributed by atoms with Crippen LogP contribution in [0.4, 0.5) is 0 Å². The summed E-state index contributed by atoms with van der Waals surface area (Å²) in [6.07, 6.45) is 7.38. The highest BCUT2D eigenvalue weighted by atomic mass is 16.1. The number of nitrogens with zero attached hydrogens (tertiary/aromatic N) is 4. The molecule has 17 heavy (non-hydrogen) atoms. The number of hydrogen-bond donors (Lipinski definition) is 2. The second kappa shape index (κ2) is 5.69. The van der Waals surface area contributed by atoms with Crippen LogP contribution in [0, 0.1) is 0 Å². The summed E-state index contributed by atoms with van der Waals surface area (Å²) in [5.74, 6) is 0.658. The molecule has 2 N–H and O–H groups in total. The van der Waals surface area contributed by atoms with Crippen molar-refractivity contribution in [3.8, 4) is 0 Å². The summed E-state index contributed by atoms with van der Waals surface area (Å²) in [7, 11) is 0. The van der Waals surface area contributed by atoms with E-state index in [1.165, 1.54) is 25.0 Å². The Hall–Kier alpha value is -2.31. The smallest absolute Gasteiger partial charge is 0.254 e. The summed E-state index contributed by atoms with van der Waals surface area (Å²) in [5.41, 5.74) is 0.465. The van der Waals surface area contributed by atoms with Crippen molar-refractivity contribution in [1.82, 2.24) is 30.5 Å². The van der Waals surface area contributed by atoms with Gasteiger partial charge in [0.05, 0.1) is 5.56 Å². The lowest BCUT2D eigenvalue weighted by molar-refractivity contribution is 0.0952. The van der Waals surface area contributed by atoms with Crippen LogP contribution >= 0.6 is 0 Å². The van der Waals surface area contributed by atoms with E-state index < -0.39 is 0 Å². The van der Waals surface area contributed by atoms with Gasteiger partial charge in [0.1, 0.15) is 18.5 Å². The summed E-state index contributed by atoms with van der Waals surface area (Å²) in [6.45, 7) is 0.578. The first-order valence-electron chi connectivity index (χ1n) is 5.23. The number of nitrogens with one attached hydrogen (secondary N) is 2. The Bertz CT molecular complexity index is 455. The zero-order valence-electron chi connectivity index (χ0n) is 9.13. The second-order valence-corrected chi connectivity index (χ2v) is 3.42. The molecule has 1 amide bonds. The molecule has 0 aromatic carbocycles. The number of aryl methyl sites for hydroxylation is 1. The SMILES string of the molecule is O=C(NCCCc1ncn[nH]1)c1cncnc1. The van der Waals surface area contributed by atoms with Crippen molar-refractivity contribution in [2.45, 2.75) is 12.8 Å². The molecule has 0 bridgehead atoms. The van der Waals surface area contributed by atoms with Gasteiger partial charge in [-0.1, -0.05) is 0 Å². The van der Waals surface area contributed by atoms with E-state index in [9.17, 15) is 4.79 Å². The Morgan fingerprint density at radius 2 is 2.12 bits per heavy atom. The Balaban J connectivity index is 1.70. The molecular weight excluding hydrogens is 220 g/mol. The lowest BCUT2D eigenvalue weighted by Crippen LogP contribution is -2.25. The highest BCUT2D eigenvalue weighted by Crippen LogP contribution is 1.94. The first kappa shape index (κ1) is 11.2. The number of hydrogen-bond acceptors (Lipinski definition) is 5. The monoisotopic (exact) mass is 232 g/mol. The fraction of sp³-hybridized carbons (Fsp3) is 0.300. The molecule has 2 aromatic rings. The third-order valence-electron chi connectivity index (χ3n) is 2.16. The van der Waals surface area contributed by atoms with Crippen LogP contribution in [0.3, 0.4) is 0 Å². The van der Waals surface area contributed by atoms with Crippen molar-refractivity contribution in [3.63, 3.8) is 0 Å². The number of aromatic nitrogens is 5. The molecule has 0 fully saturated rings. The Labute approximate surface area is 97.7 Å². The molecule has 88 valence electrons. The van der Waals surface area contributed by atoms with E-state index in [0.29, 0.717) is 12.1 Å². The van der Waals surface area contributed by atoms with Crippen LogP contribution < -0.4 is 5.32 Å². The molecule has 0 aliphatic heterocycles. The average Bonchev–Trinajstić information content (AvgIpc) is 2.88. The topological polar surface area (TPSA) is 96.5 Å². The van der Waals surface area contributed by atoms with Gasteiger partial charge in [0, 0.05) is 25.4 Å². The third kappa shape index (κ3) is 3.33. The molecule has 0 aliphatic carbocycles. The largest absolute Gasteiger partial charge is 0.352 e. The van der Waals surface area contributed by atoms with E-state index >= 15 is 0 Å². The second-order valence-electron chi connectivity index (χ2n) is 3.42. The normalized spacial score (nSPS) is 10.1. The van der Waals surface area contributed by atoms with Gasteiger partial charge >= 0.3 is 0 Å².